The molecule has 0 atom stereocenters. The predicted octanol–water partition coefficient (Wildman–Crippen LogP) is 2.69. The summed E-state index contributed by atoms with van der Waals surface area (Å²) in [7, 11) is 1.39. The number of nitrogens with two attached hydrogens (primary N) is 1. The van der Waals surface area contributed by atoms with Crippen LogP contribution < -0.4 is 25.3 Å². The number of nitro groups is 1. The van der Waals surface area contributed by atoms with Gasteiger partial charge in [-0.15, -0.1) is 0 Å². The molecule has 3 rings (SSSR count). The number of methoxy groups -OCH3 is 1. The molecule has 9 heteroatoms. The molecule has 0 unspecified atom stereocenters. The number of guanidine groups is 1. The van der Waals surface area contributed by atoms with Gasteiger partial charge in [-0.2, -0.15) is 0 Å². The first-order chi connectivity index (χ1) is 13.1. The summed E-state index contributed by atoms with van der Waals surface area (Å²) >= 11 is 0. The molecule has 1 heterocycles. The maximum atomic E-state index is 11.1. The van der Waals surface area contributed by atoms with Gasteiger partial charge in [-0.1, -0.05) is 6.07 Å². The molecule has 2 aromatic carbocycles. The Morgan fingerprint density at radius 3 is 2.78 bits per heavy atom. The zero-order chi connectivity index (χ0) is 19.2. The van der Waals surface area contributed by atoms with Crippen molar-refractivity contribution in [2.45, 2.75) is 13.0 Å². The van der Waals surface area contributed by atoms with Crippen LogP contribution in [0.15, 0.2) is 41.4 Å². The average molecular weight is 372 g/mol. The molecular formula is C18H20N4O5. The van der Waals surface area contributed by atoms with Crippen LogP contribution in [0.25, 0.3) is 0 Å². The van der Waals surface area contributed by atoms with Gasteiger partial charge in [0.2, 0.25) is 0 Å². The highest BCUT2D eigenvalue weighted by Gasteiger charge is 2.15. The largest absolute Gasteiger partial charge is 0.490 e. The first-order valence-electron chi connectivity index (χ1n) is 8.34. The molecule has 0 aliphatic carbocycles. The van der Waals surface area contributed by atoms with E-state index in [9.17, 15) is 10.1 Å². The lowest BCUT2D eigenvalue weighted by Crippen LogP contribution is -2.22. The normalized spacial score (nSPS) is 13.6. The fourth-order valence-corrected chi connectivity index (χ4v) is 2.58. The van der Waals surface area contributed by atoms with Gasteiger partial charge in [-0.05, 0) is 23.8 Å². The number of nitro benzene ring substituents is 1. The molecule has 0 fully saturated rings. The Hall–Kier alpha value is -3.49. The van der Waals surface area contributed by atoms with E-state index in [1.165, 1.54) is 19.2 Å². The minimum Gasteiger partial charge on any atom is -0.490 e. The lowest BCUT2D eigenvalue weighted by atomic mass is 10.2. The Kier molecular flexibility index (Phi) is 5.60. The molecule has 0 saturated heterocycles. The smallest absolute Gasteiger partial charge is 0.311 e. The molecule has 9 nitrogen and oxygen atoms in total. The monoisotopic (exact) mass is 372 g/mol. The zero-order valence-electron chi connectivity index (χ0n) is 14.8. The number of aliphatic imine (C=N–C) groups is 1. The van der Waals surface area contributed by atoms with Crippen molar-refractivity contribution in [3.05, 3.63) is 52.1 Å². The molecule has 0 amide bonds. The van der Waals surface area contributed by atoms with Crippen molar-refractivity contribution in [3.63, 3.8) is 0 Å². The first kappa shape index (κ1) is 18.3. The van der Waals surface area contributed by atoms with Crippen molar-refractivity contribution in [1.29, 1.82) is 0 Å². The number of benzene rings is 2. The Morgan fingerprint density at radius 1 is 1.26 bits per heavy atom. The molecule has 1 aliphatic heterocycles. The van der Waals surface area contributed by atoms with Crippen LogP contribution in [0, 0.1) is 10.1 Å². The summed E-state index contributed by atoms with van der Waals surface area (Å²) in [5.41, 5.74) is 7.17. The van der Waals surface area contributed by atoms with E-state index in [-0.39, 0.29) is 23.9 Å². The number of fused-ring (bicyclic) bond motifs is 1. The van der Waals surface area contributed by atoms with Crippen LogP contribution in [0.1, 0.15) is 12.0 Å². The molecule has 2 aromatic rings. The molecule has 0 radical (unpaired) electrons. The van der Waals surface area contributed by atoms with E-state index < -0.39 is 4.92 Å². The molecule has 0 aromatic heterocycles. The van der Waals surface area contributed by atoms with Crippen LogP contribution in [0.5, 0.6) is 17.2 Å². The van der Waals surface area contributed by atoms with Gasteiger partial charge in [0.15, 0.2) is 23.2 Å². The number of rotatable bonds is 5. The summed E-state index contributed by atoms with van der Waals surface area (Å²) in [6, 6.07) is 10.1. The quantitative estimate of drug-likeness (QED) is 0.358. The van der Waals surface area contributed by atoms with E-state index in [4.69, 9.17) is 19.9 Å². The highest BCUT2D eigenvalue weighted by molar-refractivity contribution is 5.92. The Morgan fingerprint density at radius 2 is 2.04 bits per heavy atom. The first-order valence-corrected chi connectivity index (χ1v) is 8.34. The number of nitrogens with one attached hydrogen (secondary N) is 1. The van der Waals surface area contributed by atoms with Crippen molar-refractivity contribution in [2.75, 3.05) is 25.6 Å². The van der Waals surface area contributed by atoms with Gasteiger partial charge >= 0.3 is 5.69 Å². The third-order valence-electron chi connectivity index (χ3n) is 3.89. The van der Waals surface area contributed by atoms with Gasteiger partial charge in [0.05, 0.1) is 31.8 Å². The van der Waals surface area contributed by atoms with Crippen LogP contribution in [0.4, 0.5) is 11.4 Å². The van der Waals surface area contributed by atoms with Gasteiger partial charge in [-0.3, -0.25) is 10.1 Å². The molecule has 27 heavy (non-hydrogen) atoms. The second kappa shape index (κ2) is 8.26. The predicted molar refractivity (Wildman–Crippen MR) is 101 cm³/mol. The number of hydrogen-bond donors (Lipinski definition) is 2. The molecule has 0 bridgehead atoms. The number of anilines is 1. The fourth-order valence-electron chi connectivity index (χ4n) is 2.58. The SMILES string of the molecule is COc1ccc(CN=C(N)Nc2ccc3c(c2)OCCCO3)cc1[N+](=O)[O-]. The highest BCUT2D eigenvalue weighted by atomic mass is 16.6. The number of ether oxygens (including phenoxy) is 3. The summed E-state index contributed by atoms with van der Waals surface area (Å²) in [5.74, 6) is 1.73. The topological polar surface area (TPSA) is 121 Å². The van der Waals surface area contributed by atoms with E-state index in [0.717, 1.165) is 6.42 Å². The number of nitrogens with zero attached hydrogens (tertiary/aromatic N) is 2. The van der Waals surface area contributed by atoms with E-state index in [2.05, 4.69) is 10.3 Å². The van der Waals surface area contributed by atoms with E-state index in [0.29, 0.717) is 36.0 Å². The van der Waals surface area contributed by atoms with Crippen LogP contribution in [0.2, 0.25) is 0 Å². The number of hydrogen-bond acceptors (Lipinski definition) is 6. The van der Waals surface area contributed by atoms with Gasteiger partial charge in [0, 0.05) is 24.2 Å². The molecule has 0 saturated carbocycles. The Balaban J connectivity index is 1.69. The van der Waals surface area contributed by atoms with Gasteiger partial charge in [0.1, 0.15) is 0 Å². The van der Waals surface area contributed by atoms with Gasteiger partial charge < -0.3 is 25.3 Å². The summed E-state index contributed by atoms with van der Waals surface area (Å²) in [4.78, 5) is 14.8. The van der Waals surface area contributed by atoms with E-state index in [1.54, 1.807) is 12.1 Å². The van der Waals surface area contributed by atoms with Crippen molar-refractivity contribution >= 4 is 17.3 Å². The zero-order valence-corrected chi connectivity index (χ0v) is 14.8. The van der Waals surface area contributed by atoms with E-state index >= 15 is 0 Å². The third-order valence-corrected chi connectivity index (χ3v) is 3.89. The summed E-state index contributed by atoms with van der Waals surface area (Å²) < 4.78 is 16.2. The molecule has 0 spiro atoms. The summed E-state index contributed by atoms with van der Waals surface area (Å²) in [6.07, 6.45) is 0.828. The Labute approximate surface area is 155 Å². The third kappa shape index (κ3) is 4.57. The standard InChI is InChI=1S/C18H20N4O5/c1-25-15-5-3-12(9-14(15)22(23)24)11-20-18(19)21-13-4-6-16-17(10-13)27-8-2-7-26-16/h3-6,9-10H,2,7-8,11H2,1H3,(H3,19,20,21). The highest BCUT2D eigenvalue weighted by Crippen LogP contribution is 2.32. The summed E-state index contributed by atoms with van der Waals surface area (Å²) in [6.45, 7) is 1.40. The van der Waals surface area contributed by atoms with Crippen LogP contribution in [0.3, 0.4) is 0 Å². The minimum atomic E-state index is -0.495. The van der Waals surface area contributed by atoms with E-state index in [1.807, 2.05) is 12.1 Å². The average Bonchev–Trinajstić information content (AvgIpc) is 2.91. The molecular weight excluding hydrogens is 352 g/mol. The van der Waals surface area contributed by atoms with Crippen molar-refractivity contribution in [2.24, 2.45) is 10.7 Å². The minimum absolute atomic E-state index is 0.111. The lowest BCUT2D eigenvalue weighted by Gasteiger charge is -2.11. The fraction of sp³-hybridized carbons (Fsp3) is 0.278. The summed E-state index contributed by atoms with van der Waals surface area (Å²) in [5, 5.41) is 14.1. The molecule has 1 aliphatic rings. The second-order valence-corrected chi connectivity index (χ2v) is 5.80. The maximum Gasteiger partial charge on any atom is 0.311 e. The molecule has 142 valence electrons. The second-order valence-electron chi connectivity index (χ2n) is 5.80. The van der Waals surface area contributed by atoms with Gasteiger partial charge in [0.25, 0.3) is 0 Å². The van der Waals surface area contributed by atoms with Crippen molar-refractivity contribution in [1.82, 2.24) is 0 Å². The Bertz CT molecular complexity index is 869. The molecule has 3 N–H and O–H groups in total. The van der Waals surface area contributed by atoms with Crippen molar-refractivity contribution < 1.29 is 19.1 Å². The van der Waals surface area contributed by atoms with Gasteiger partial charge in [-0.25, -0.2) is 4.99 Å². The van der Waals surface area contributed by atoms with Crippen LogP contribution in [-0.2, 0) is 6.54 Å². The van der Waals surface area contributed by atoms with Crippen LogP contribution in [-0.4, -0.2) is 31.2 Å². The van der Waals surface area contributed by atoms with Crippen LogP contribution >= 0.6 is 0 Å². The van der Waals surface area contributed by atoms with Crippen molar-refractivity contribution in [3.8, 4) is 17.2 Å². The maximum absolute atomic E-state index is 11.1. The lowest BCUT2D eigenvalue weighted by molar-refractivity contribution is -0.385.